The highest BCUT2D eigenvalue weighted by molar-refractivity contribution is 14.1. The van der Waals surface area contributed by atoms with Crippen molar-refractivity contribution in [1.82, 2.24) is 0 Å². The molecule has 0 fully saturated rings. The molecule has 1 rings (SSSR count). The van der Waals surface area contributed by atoms with Crippen LogP contribution in [-0.4, -0.2) is 0 Å². The fourth-order valence-electron chi connectivity index (χ4n) is 0.794. The fraction of sp³-hybridized carbons (Fsp3) is 0. The quantitative estimate of drug-likeness (QED) is 0.534. The molecule has 0 N–H and O–H groups in total. The summed E-state index contributed by atoms with van der Waals surface area (Å²) in [6.07, 6.45) is 5.28. The van der Waals surface area contributed by atoms with Crippen LogP contribution in [-0.2, 0) is 0 Å². The minimum Gasteiger partial charge on any atom is -0.115 e. The van der Waals surface area contributed by atoms with Gasteiger partial charge in [-0.05, 0) is 21.8 Å². The molecule has 0 unspecified atom stereocenters. The van der Waals surface area contributed by atoms with E-state index in [0.717, 1.165) is 11.1 Å². The van der Waals surface area contributed by atoms with Gasteiger partial charge < -0.3 is 0 Å². The number of halogens is 1. The van der Waals surface area contributed by atoms with E-state index in [1.807, 2.05) is 46.9 Å². The predicted molar refractivity (Wildman–Crippen MR) is 57.4 cm³/mol. The maximum atomic E-state index is 7.56. The van der Waals surface area contributed by atoms with Crippen molar-refractivity contribution < 1.29 is 1.37 Å². The average Bonchev–Trinajstić information content (AvgIpc) is 2.16. The number of benzene rings is 1. The van der Waals surface area contributed by atoms with Gasteiger partial charge in [0.2, 0.25) is 0 Å². The van der Waals surface area contributed by atoms with E-state index in [4.69, 9.17) is 7.79 Å². The Balaban J connectivity index is 3.25. The van der Waals surface area contributed by atoms with Crippen LogP contribution in [0.3, 0.4) is 0 Å². The molecule has 0 nitrogen and oxygen atoms in total. The van der Waals surface area contributed by atoms with Gasteiger partial charge >= 0.3 is 0 Å². The van der Waals surface area contributed by atoms with Gasteiger partial charge in [-0.2, -0.15) is 0 Å². The maximum Gasteiger partial charge on any atom is 0.0634 e. The Kier molecular flexibility index (Phi) is 2.64. The van der Waals surface area contributed by atoms with Gasteiger partial charge in [0.1, 0.15) is 0 Å². The van der Waals surface area contributed by atoms with Gasteiger partial charge in [-0.1, -0.05) is 46.7 Å². The van der Waals surface area contributed by atoms with Gasteiger partial charge in [-0.15, -0.1) is 6.42 Å². The number of hydrogen-bond donors (Lipinski definition) is 0. The Hall–Kier alpha value is -0.750. The van der Waals surface area contributed by atoms with Crippen molar-refractivity contribution in [3.8, 4) is 12.3 Å². The lowest BCUT2D eigenvalue weighted by molar-refractivity contribution is 1.61. The second kappa shape index (κ2) is 4.20. The topological polar surface area (TPSA) is 0 Å². The van der Waals surface area contributed by atoms with E-state index in [9.17, 15) is 0 Å². The van der Waals surface area contributed by atoms with E-state index >= 15 is 0 Å². The monoisotopic (exact) mass is 255 g/mol. The van der Waals surface area contributed by atoms with Gasteiger partial charge in [-0.25, -0.2) is 0 Å². The highest BCUT2D eigenvalue weighted by Gasteiger charge is 1.91. The zero-order chi connectivity index (χ0) is 8.97. The summed E-state index contributed by atoms with van der Waals surface area (Å²) in [6, 6.07) is 7.91. The third-order valence-electron chi connectivity index (χ3n) is 1.29. The summed E-state index contributed by atoms with van der Waals surface area (Å²) in [5, 5.41) is 0. The summed E-state index contributed by atoms with van der Waals surface area (Å²) in [5.41, 5.74) is 1.59. The van der Waals surface area contributed by atoms with Crippen molar-refractivity contribution in [3.63, 3.8) is 0 Å². The van der Waals surface area contributed by atoms with Crippen molar-refractivity contribution in [3.05, 3.63) is 39.5 Å². The van der Waals surface area contributed by atoms with Gasteiger partial charge in [0.25, 0.3) is 0 Å². The van der Waals surface area contributed by atoms with Crippen LogP contribution < -0.4 is 0 Å². The van der Waals surface area contributed by atoms with Crippen LogP contribution in [0.1, 0.15) is 12.5 Å². The SMILES string of the molecule is [2H]/C(=C\I)c1ccccc1C#C. The van der Waals surface area contributed by atoms with E-state index in [1.165, 1.54) is 0 Å². The Morgan fingerprint density at radius 2 is 2.27 bits per heavy atom. The Bertz CT molecular complexity index is 347. The molecule has 11 heavy (non-hydrogen) atoms. The van der Waals surface area contributed by atoms with E-state index in [2.05, 4.69) is 5.92 Å². The van der Waals surface area contributed by atoms with E-state index < -0.39 is 0 Å². The first kappa shape index (κ1) is 6.93. The highest BCUT2D eigenvalue weighted by atomic mass is 127. The van der Waals surface area contributed by atoms with Gasteiger partial charge in [0.15, 0.2) is 0 Å². The predicted octanol–water partition coefficient (Wildman–Crippen LogP) is 3.07. The lowest BCUT2D eigenvalue weighted by Crippen LogP contribution is -1.78. The summed E-state index contributed by atoms with van der Waals surface area (Å²) in [5.74, 6) is 2.55. The minimum absolute atomic E-state index is 0.462. The average molecular weight is 255 g/mol. The Labute approximate surface area is 81.9 Å². The first-order valence-electron chi connectivity index (χ1n) is 3.62. The van der Waals surface area contributed by atoms with Crippen LogP contribution in [0.2, 0.25) is 0 Å². The highest BCUT2D eigenvalue weighted by Crippen LogP contribution is 2.09. The number of terminal acetylenes is 1. The molecular weight excluding hydrogens is 247 g/mol. The molecule has 0 aliphatic carbocycles. The maximum absolute atomic E-state index is 7.56. The second-order valence-corrected chi connectivity index (χ2v) is 2.57. The van der Waals surface area contributed by atoms with E-state index in [0.29, 0.717) is 6.05 Å². The van der Waals surface area contributed by atoms with Crippen LogP contribution in [0.15, 0.2) is 28.3 Å². The lowest BCUT2D eigenvalue weighted by Gasteiger charge is -1.95. The van der Waals surface area contributed by atoms with Crippen molar-refractivity contribution in [1.29, 1.82) is 0 Å². The van der Waals surface area contributed by atoms with Crippen LogP contribution in [0.4, 0.5) is 0 Å². The smallest absolute Gasteiger partial charge is 0.0634 e. The molecule has 0 heterocycles. The molecule has 0 spiro atoms. The molecule has 0 aliphatic heterocycles. The van der Waals surface area contributed by atoms with Crippen LogP contribution in [0.5, 0.6) is 0 Å². The molecule has 1 aromatic rings. The molecule has 0 saturated carbocycles. The molecule has 1 heteroatoms. The zero-order valence-electron chi connectivity index (χ0n) is 6.84. The normalized spacial score (nSPS) is 12.0. The Morgan fingerprint density at radius 3 is 2.91 bits per heavy atom. The first-order chi connectivity index (χ1) is 5.79. The van der Waals surface area contributed by atoms with Crippen LogP contribution >= 0.6 is 22.6 Å². The largest absolute Gasteiger partial charge is 0.115 e. The second-order valence-electron chi connectivity index (χ2n) is 1.94. The molecule has 0 amide bonds. The molecule has 1 aromatic carbocycles. The number of rotatable bonds is 1. The zero-order valence-corrected chi connectivity index (χ0v) is 8.00. The first-order valence-corrected chi connectivity index (χ1v) is 4.37. The molecule has 0 aliphatic rings. The molecule has 0 aromatic heterocycles. The molecule has 0 radical (unpaired) electrons. The number of hydrogen-bond acceptors (Lipinski definition) is 0. The summed E-state index contributed by atoms with van der Waals surface area (Å²) in [4.78, 5) is 0. The van der Waals surface area contributed by atoms with Crippen molar-refractivity contribution in [2.45, 2.75) is 0 Å². The van der Waals surface area contributed by atoms with E-state index in [-0.39, 0.29) is 0 Å². The van der Waals surface area contributed by atoms with Gasteiger partial charge in [-0.3, -0.25) is 0 Å². The third-order valence-corrected chi connectivity index (χ3v) is 1.60. The van der Waals surface area contributed by atoms with Gasteiger partial charge in [0.05, 0.1) is 1.37 Å². The van der Waals surface area contributed by atoms with E-state index in [1.54, 1.807) is 4.08 Å². The Morgan fingerprint density at radius 1 is 1.55 bits per heavy atom. The summed E-state index contributed by atoms with van der Waals surface area (Å²) in [6.45, 7) is 0. The lowest BCUT2D eigenvalue weighted by atomic mass is 10.1. The van der Waals surface area contributed by atoms with Crippen molar-refractivity contribution >= 4 is 28.6 Å². The van der Waals surface area contributed by atoms with Gasteiger partial charge in [0, 0.05) is 5.56 Å². The standard InChI is InChI=1S/C10H7I/c1-2-9-5-3-4-6-10(9)7-8-11/h1,3-8H/b8-7+/i7D. The van der Waals surface area contributed by atoms with Crippen molar-refractivity contribution in [2.24, 2.45) is 0 Å². The summed E-state index contributed by atoms with van der Waals surface area (Å²) >= 11 is 2.03. The molecule has 54 valence electrons. The molecule has 0 saturated heterocycles. The minimum atomic E-state index is 0.462. The van der Waals surface area contributed by atoms with Crippen LogP contribution in [0, 0.1) is 12.3 Å². The summed E-state index contributed by atoms with van der Waals surface area (Å²) in [7, 11) is 0. The molecular formula is C10H7I. The molecule has 0 atom stereocenters. The third kappa shape index (κ3) is 2.09. The molecule has 0 bridgehead atoms. The fourth-order valence-corrected chi connectivity index (χ4v) is 1.13. The van der Waals surface area contributed by atoms with Crippen LogP contribution in [0.25, 0.3) is 6.05 Å². The summed E-state index contributed by atoms with van der Waals surface area (Å²) < 4.78 is 9.27. The van der Waals surface area contributed by atoms with Crippen molar-refractivity contribution in [2.75, 3.05) is 0 Å².